The Labute approximate surface area is 172 Å². The molecule has 1 aromatic carbocycles. The molecule has 2 rings (SSSR count). The normalized spacial score (nSPS) is 11.0. The van der Waals surface area contributed by atoms with Gasteiger partial charge in [0.15, 0.2) is 5.82 Å². The number of amides is 1. The van der Waals surface area contributed by atoms with E-state index in [2.05, 4.69) is 35.7 Å². The van der Waals surface area contributed by atoms with Gasteiger partial charge in [0.2, 0.25) is 5.95 Å². The van der Waals surface area contributed by atoms with E-state index >= 15 is 0 Å². The molecule has 0 unspecified atom stereocenters. The van der Waals surface area contributed by atoms with Crippen molar-refractivity contribution in [3.63, 3.8) is 0 Å². The molecule has 0 fully saturated rings. The van der Waals surface area contributed by atoms with E-state index in [4.69, 9.17) is 11.6 Å². The maximum absolute atomic E-state index is 13.1. The van der Waals surface area contributed by atoms with Crippen LogP contribution >= 0.6 is 11.6 Å². The smallest absolute Gasteiger partial charge is 0.258 e. The van der Waals surface area contributed by atoms with Gasteiger partial charge in [-0.1, -0.05) is 18.5 Å². The lowest BCUT2D eigenvalue weighted by molar-refractivity contribution is 0.0988. The molecule has 0 aliphatic carbocycles. The Hall–Kier alpha value is -2.47. The summed E-state index contributed by atoms with van der Waals surface area (Å²) in [5.74, 6) is 0.937. The molecule has 149 valence electrons. The van der Waals surface area contributed by atoms with Gasteiger partial charge in [-0.25, -0.2) is 9.98 Å². The summed E-state index contributed by atoms with van der Waals surface area (Å²) in [6.07, 6.45) is 4.94. The van der Waals surface area contributed by atoms with E-state index in [-0.39, 0.29) is 5.91 Å². The second-order valence-electron chi connectivity index (χ2n) is 6.06. The van der Waals surface area contributed by atoms with Gasteiger partial charge in [0.25, 0.3) is 5.91 Å². The minimum Gasteiger partial charge on any atom is -0.341 e. The Balaban J connectivity index is 2.46. The average molecular weight is 401 g/mol. The van der Waals surface area contributed by atoms with Gasteiger partial charge < -0.3 is 9.80 Å². The summed E-state index contributed by atoms with van der Waals surface area (Å²) >= 11 is 5.94. The number of hydrogen-bond acceptors (Lipinski definition) is 5. The van der Waals surface area contributed by atoms with Crippen molar-refractivity contribution in [2.24, 2.45) is 4.99 Å². The zero-order valence-corrected chi connectivity index (χ0v) is 17.5. The predicted octanol–water partition coefficient (Wildman–Crippen LogP) is 4.96. The maximum Gasteiger partial charge on any atom is 0.258 e. The lowest BCUT2D eigenvalue weighted by atomic mass is 10.2. The van der Waals surface area contributed by atoms with Crippen molar-refractivity contribution in [2.45, 2.75) is 33.6 Å². The zero-order valence-electron chi connectivity index (χ0n) is 16.7. The van der Waals surface area contributed by atoms with Crippen LogP contribution in [-0.2, 0) is 0 Å². The maximum atomic E-state index is 13.1. The fraction of sp³-hybridized carbons (Fsp3) is 0.381. The number of aromatic nitrogens is 2. The molecule has 0 atom stereocenters. The lowest BCUT2D eigenvalue weighted by Crippen LogP contribution is -2.31. The SMILES string of the molecule is [CH2]CCC=Nc1nc(N(CC)CC)ncc1N(CC)C(=O)c1ccc(Cl)cc1. The number of nitrogens with zero attached hydrogens (tertiary/aromatic N) is 5. The van der Waals surface area contributed by atoms with Crippen LogP contribution in [0.3, 0.4) is 0 Å². The molecule has 0 saturated heterocycles. The van der Waals surface area contributed by atoms with Gasteiger partial charge in [-0.15, -0.1) is 0 Å². The number of rotatable bonds is 9. The summed E-state index contributed by atoms with van der Waals surface area (Å²) in [7, 11) is 0. The van der Waals surface area contributed by atoms with Crippen LogP contribution in [0, 0.1) is 6.92 Å². The molecule has 0 spiro atoms. The second-order valence-corrected chi connectivity index (χ2v) is 6.50. The fourth-order valence-electron chi connectivity index (χ4n) is 2.72. The average Bonchev–Trinajstić information content (AvgIpc) is 2.71. The topological polar surface area (TPSA) is 61.7 Å². The van der Waals surface area contributed by atoms with Crippen LogP contribution in [0.5, 0.6) is 0 Å². The summed E-state index contributed by atoms with van der Waals surface area (Å²) in [5.41, 5.74) is 1.13. The molecular formula is C21H27ClN5O. The van der Waals surface area contributed by atoms with E-state index in [1.807, 2.05) is 11.8 Å². The number of anilines is 2. The van der Waals surface area contributed by atoms with Crippen molar-refractivity contribution in [1.82, 2.24) is 9.97 Å². The molecule has 6 nitrogen and oxygen atoms in total. The molecule has 1 amide bonds. The Morgan fingerprint density at radius 2 is 1.86 bits per heavy atom. The number of aliphatic imine (C=N–C) groups is 1. The van der Waals surface area contributed by atoms with Crippen LogP contribution in [0.2, 0.25) is 5.02 Å². The number of halogens is 1. The molecule has 1 aromatic heterocycles. The Morgan fingerprint density at radius 1 is 1.18 bits per heavy atom. The van der Waals surface area contributed by atoms with Crippen molar-refractivity contribution >= 4 is 41.2 Å². The van der Waals surface area contributed by atoms with Crippen molar-refractivity contribution in [3.05, 3.63) is 48.0 Å². The highest BCUT2D eigenvalue weighted by molar-refractivity contribution is 6.30. The van der Waals surface area contributed by atoms with Crippen LogP contribution in [0.4, 0.5) is 17.5 Å². The summed E-state index contributed by atoms with van der Waals surface area (Å²) in [6, 6.07) is 6.83. The third-order valence-electron chi connectivity index (χ3n) is 4.27. The summed E-state index contributed by atoms with van der Waals surface area (Å²) in [4.78, 5) is 30.3. The van der Waals surface area contributed by atoms with Crippen molar-refractivity contribution in [1.29, 1.82) is 0 Å². The molecule has 0 N–H and O–H groups in total. The number of unbranched alkanes of at least 4 members (excludes halogenated alkanes) is 1. The van der Waals surface area contributed by atoms with Gasteiger partial charge >= 0.3 is 0 Å². The summed E-state index contributed by atoms with van der Waals surface area (Å²) < 4.78 is 0. The standard InChI is InChI=1S/C21H27ClN5O/c1-5-9-14-23-19-18(15-24-21(25-19)26(6-2)7-3)27(8-4)20(28)16-10-12-17(22)13-11-16/h10-15H,1,5-9H2,2-4H3. The highest BCUT2D eigenvalue weighted by Gasteiger charge is 2.21. The van der Waals surface area contributed by atoms with Crippen LogP contribution in [0.1, 0.15) is 44.0 Å². The third kappa shape index (κ3) is 5.29. The molecule has 0 bridgehead atoms. The summed E-state index contributed by atoms with van der Waals surface area (Å²) in [5, 5.41) is 0.588. The molecular weight excluding hydrogens is 374 g/mol. The van der Waals surface area contributed by atoms with Gasteiger partial charge in [-0.2, -0.15) is 4.98 Å². The van der Waals surface area contributed by atoms with E-state index in [1.165, 1.54) is 0 Å². The number of hydrogen-bond donors (Lipinski definition) is 0. The minimum absolute atomic E-state index is 0.146. The van der Waals surface area contributed by atoms with Gasteiger partial charge in [0.1, 0.15) is 5.69 Å². The van der Waals surface area contributed by atoms with Gasteiger partial charge in [-0.05, 0) is 57.9 Å². The second kappa shape index (κ2) is 10.8. The molecule has 2 aromatic rings. The first-order valence-corrected chi connectivity index (χ1v) is 9.94. The monoisotopic (exact) mass is 400 g/mol. The molecule has 0 saturated carbocycles. The predicted molar refractivity (Wildman–Crippen MR) is 117 cm³/mol. The van der Waals surface area contributed by atoms with Crippen LogP contribution < -0.4 is 9.80 Å². The first-order chi connectivity index (χ1) is 13.5. The highest BCUT2D eigenvalue weighted by atomic mass is 35.5. The molecule has 0 aliphatic heterocycles. The van der Waals surface area contributed by atoms with Gasteiger partial charge in [0, 0.05) is 36.4 Å². The van der Waals surface area contributed by atoms with Crippen LogP contribution in [-0.4, -0.2) is 41.7 Å². The van der Waals surface area contributed by atoms with Crippen molar-refractivity contribution in [3.8, 4) is 0 Å². The minimum atomic E-state index is -0.146. The van der Waals surface area contributed by atoms with E-state index in [0.717, 1.165) is 25.9 Å². The number of benzene rings is 1. The van der Waals surface area contributed by atoms with Crippen LogP contribution in [0.15, 0.2) is 35.5 Å². The molecule has 0 aliphatic rings. The zero-order chi connectivity index (χ0) is 20.5. The van der Waals surface area contributed by atoms with Crippen molar-refractivity contribution < 1.29 is 4.79 Å². The van der Waals surface area contributed by atoms with Crippen molar-refractivity contribution in [2.75, 3.05) is 29.4 Å². The lowest BCUT2D eigenvalue weighted by Gasteiger charge is -2.24. The Kier molecular flexibility index (Phi) is 8.39. The molecule has 1 heterocycles. The fourth-order valence-corrected chi connectivity index (χ4v) is 2.84. The largest absolute Gasteiger partial charge is 0.341 e. The Bertz CT molecular complexity index is 803. The number of carbonyl (C=O) groups is 1. The first-order valence-electron chi connectivity index (χ1n) is 9.56. The van der Waals surface area contributed by atoms with E-state index in [1.54, 1.807) is 41.6 Å². The Morgan fingerprint density at radius 3 is 2.43 bits per heavy atom. The number of carbonyl (C=O) groups excluding carboxylic acids is 1. The van der Waals surface area contributed by atoms with E-state index < -0.39 is 0 Å². The third-order valence-corrected chi connectivity index (χ3v) is 4.53. The van der Waals surface area contributed by atoms with E-state index in [9.17, 15) is 4.79 Å². The van der Waals surface area contributed by atoms with Gasteiger partial charge in [-0.3, -0.25) is 4.79 Å². The first kappa shape index (κ1) is 21.8. The summed E-state index contributed by atoms with van der Waals surface area (Å²) in [6.45, 7) is 11.9. The molecule has 7 heteroatoms. The van der Waals surface area contributed by atoms with Crippen LogP contribution in [0.25, 0.3) is 0 Å². The molecule has 1 radical (unpaired) electrons. The quantitative estimate of drug-likeness (QED) is 0.558. The molecule has 28 heavy (non-hydrogen) atoms. The van der Waals surface area contributed by atoms with Gasteiger partial charge in [0.05, 0.1) is 6.20 Å². The van der Waals surface area contributed by atoms with E-state index in [0.29, 0.717) is 34.6 Å². The highest BCUT2D eigenvalue weighted by Crippen LogP contribution is 2.29.